The van der Waals surface area contributed by atoms with Crippen LogP contribution in [0.2, 0.25) is 0 Å². The van der Waals surface area contributed by atoms with Gasteiger partial charge in [-0.05, 0) is 35.4 Å². The molecule has 0 unspecified atom stereocenters. The quantitative estimate of drug-likeness (QED) is 0.696. The Labute approximate surface area is 97.6 Å². The highest BCUT2D eigenvalue weighted by molar-refractivity contribution is 5.71. The van der Waals surface area contributed by atoms with Crippen LogP contribution < -0.4 is 0 Å². The highest BCUT2D eigenvalue weighted by atomic mass is 19.1. The van der Waals surface area contributed by atoms with E-state index < -0.39 is 5.82 Å². The van der Waals surface area contributed by atoms with Crippen molar-refractivity contribution in [2.75, 3.05) is 0 Å². The van der Waals surface area contributed by atoms with Gasteiger partial charge < -0.3 is 0 Å². The van der Waals surface area contributed by atoms with Gasteiger partial charge in [0, 0.05) is 12.4 Å². The maximum atomic E-state index is 13.5. The predicted molar refractivity (Wildman–Crippen MR) is 60.6 cm³/mol. The van der Waals surface area contributed by atoms with Gasteiger partial charge in [0.2, 0.25) is 5.69 Å². The SMILES string of the molecule is [C-]#[N+]c1cc(-c2ccncc2)cc(C#N)c1F. The zero-order valence-electron chi connectivity index (χ0n) is 8.68. The van der Waals surface area contributed by atoms with Crippen LogP contribution >= 0.6 is 0 Å². The second-order valence-electron chi connectivity index (χ2n) is 3.32. The van der Waals surface area contributed by atoms with E-state index in [4.69, 9.17) is 11.8 Å². The summed E-state index contributed by atoms with van der Waals surface area (Å²) < 4.78 is 13.5. The third-order valence-electron chi connectivity index (χ3n) is 2.31. The summed E-state index contributed by atoms with van der Waals surface area (Å²) in [5.41, 5.74) is 1.17. The van der Waals surface area contributed by atoms with Crippen LogP contribution in [0.3, 0.4) is 0 Å². The van der Waals surface area contributed by atoms with Crippen LogP contribution in [0.5, 0.6) is 0 Å². The molecule has 0 saturated heterocycles. The number of hydrogen-bond donors (Lipinski definition) is 0. The molecule has 4 heteroatoms. The van der Waals surface area contributed by atoms with Crippen molar-refractivity contribution >= 4 is 5.69 Å². The monoisotopic (exact) mass is 223 g/mol. The molecule has 0 aliphatic heterocycles. The van der Waals surface area contributed by atoms with Crippen molar-refractivity contribution in [2.24, 2.45) is 0 Å². The van der Waals surface area contributed by atoms with Gasteiger partial charge >= 0.3 is 0 Å². The Morgan fingerprint density at radius 2 is 1.94 bits per heavy atom. The standard InChI is InChI=1S/C13H6FN3/c1-16-12-7-10(6-11(8-15)13(12)14)9-2-4-17-5-3-9/h2-7H. The number of halogens is 1. The summed E-state index contributed by atoms with van der Waals surface area (Å²) in [6, 6.07) is 8.08. The summed E-state index contributed by atoms with van der Waals surface area (Å²) in [7, 11) is 0. The van der Waals surface area contributed by atoms with Crippen molar-refractivity contribution in [1.29, 1.82) is 5.26 Å². The van der Waals surface area contributed by atoms with Crippen LogP contribution in [0.1, 0.15) is 5.56 Å². The lowest BCUT2D eigenvalue weighted by Gasteiger charge is -2.04. The fourth-order valence-corrected chi connectivity index (χ4v) is 1.48. The summed E-state index contributed by atoms with van der Waals surface area (Å²) in [5.74, 6) is -0.764. The number of nitrogens with zero attached hydrogens (tertiary/aromatic N) is 3. The van der Waals surface area contributed by atoms with E-state index in [9.17, 15) is 4.39 Å². The number of nitriles is 1. The van der Waals surface area contributed by atoms with E-state index in [2.05, 4.69) is 9.83 Å². The summed E-state index contributed by atoms with van der Waals surface area (Å²) in [4.78, 5) is 6.95. The highest BCUT2D eigenvalue weighted by Crippen LogP contribution is 2.29. The van der Waals surface area contributed by atoms with E-state index in [-0.39, 0.29) is 11.3 Å². The molecule has 17 heavy (non-hydrogen) atoms. The van der Waals surface area contributed by atoms with Crippen LogP contribution in [-0.4, -0.2) is 4.98 Å². The zero-order valence-corrected chi connectivity index (χ0v) is 8.68. The van der Waals surface area contributed by atoms with Gasteiger partial charge in [-0.15, -0.1) is 0 Å². The number of benzene rings is 1. The Kier molecular flexibility index (Phi) is 2.81. The molecule has 0 spiro atoms. The molecule has 0 amide bonds. The molecule has 1 aromatic heterocycles. The number of pyridine rings is 1. The Bertz CT molecular complexity index is 601. The average molecular weight is 223 g/mol. The van der Waals surface area contributed by atoms with Gasteiger partial charge in [0.1, 0.15) is 11.9 Å². The van der Waals surface area contributed by atoms with Crippen molar-refractivity contribution in [3.05, 3.63) is 59.5 Å². The highest BCUT2D eigenvalue weighted by Gasteiger charge is 2.11. The first-order valence-electron chi connectivity index (χ1n) is 4.77. The maximum Gasteiger partial charge on any atom is 0.224 e. The lowest BCUT2D eigenvalue weighted by atomic mass is 10.0. The van der Waals surface area contributed by atoms with E-state index in [0.717, 1.165) is 5.56 Å². The van der Waals surface area contributed by atoms with Gasteiger partial charge in [0.05, 0.1) is 12.1 Å². The average Bonchev–Trinajstić information content (AvgIpc) is 2.40. The van der Waals surface area contributed by atoms with Crippen molar-refractivity contribution in [2.45, 2.75) is 0 Å². The molecule has 0 N–H and O–H groups in total. The van der Waals surface area contributed by atoms with E-state index in [1.165, 1.54) is 12.1 Å². The van der Waals surface area contributed by atoms with Crippen LogP contribution in [-0.2, 0) is 0 Å². The van der Waals surface area contributed by atoms with Gasteiger partial charge in [-0.2, -0.15) is 5.26 Å². The van der Waals surface area contributed by atoms with Crippen LogP contribution in [0.25, 0.3) is 16.0 Å². The first-order chi connectivity index (χ1) is 8.26. The molecule has 0 atom stereocenters. The van der Waals surface area contributed by atoms with Crippen molar-refractivity contribution in [1.82, 2.24) is 4.98 Å². The molecule has 2 rings (SSSR count). The maximum absolute atomic E-state index is 13.5. The van der Waals surface area contributed by atoms with Crippen molar-refractivity contribution in [3.8, 4) is 17.2 Å². The van der Waals surface area contributed by atoms with Gasteiger partial charge in [-0.3, -0.25) is 4.98 Å². The Balaban J connectivity index is 2.67. The molecule has 1 heterocycles. The molecule has 0 aliphatic carbocycles. The largest absolute Gasteiger partial charge is 0.265 e. The van der Waals surface area contributed by atoms with Gasteiger partial charge in [0.25, 0.3) is 0 Å². The summed E-state index contributed by atoms with van der Waals surface area (Å²) in [5, 5.41) is 8.80. The molecular weight excluding hydrogens is 217 g/mol. The first kappa shape index (κ1) is 10.8. The normalized spacial score (nSPS) is 9.35. The molecule has 0 bridgehead atoms. The van der Waals surface area contributed by atoms with Crippen molar-refractivity contribution in [3.63, 3.8) is 0 Å². The minimum atomic E-state index is -0.764. The molecule has 0 radical (unpaired) electrons. The van der Waals surface area contributed by atoms with Gasteiger partial charge in [0.15, 0.2) is 0 Å². The molecule has 0 aliphatic rings. The van der Waals surface area contributed by atoms with Crippen LogP contribution in [0.4, 0.5) is 10.1 Å². The molecule has 80 valence electrons. The van der Waals surface area contributed by atoms with Crippen LogP contribution in [0, 0.1) is 23.7 Å². The fourth-order valence-electron chi connectivity index (χ4n) is 1.48. The van der Waals surface area contributed by atoms with E-state index in [1.54, 1.807) is 30.6 Å². The Morgan fingerprint density at radius 1 is 1.24 bits per heavy atom. The Hall–Kier alpha value is -2.72. The third kappa shape index (κ3) is 1.97. The Morgan fingerprint density at radius 3 is 2.53 bits per heavy atom. The second-order valence-corrected chi connectivity index (χ2v) is 3.32. The minimum Gasteiger partial charge on any atom is -0.265 e. The molecule has 1 aromatic carbocycles. The summed E-state index contributed by atoms with van der Waals surface area (Å²) in [6.07, 6.45) is 3.20. The summed E-state index contributed by atoms with van der Waals surface area (Å²) in [6.45, 7) is 6.88. The number of rotatable bonds is 1. The molecule has 3 nitrogen and oxygen atoms in total. The number of aromatic nitrogens is 1. The minimum absolute atomic E-state index is 0.120. The zero-order chi connectivity index (χ0) is 12.3. The van der Waals surface area contributed by atoms with E-state index >= 15 is 0 Å². The van der Waals surface area contributed by atoms with Gasteiger partial charge in [-0.25, -0.2) is 9.24 Å². The van der Waals surface area contributed by atoms with E-state index in [1.807, 2.05) is 0 Å². The topological polar surface area (TPSA) is 41.0 Å². The number of hydrogen-bond acceptors (Lipinski definition) is 2. The molecular formula is C13H6FN3. The van der Waals surface area contributed by atoms with Gasteiger partial charge in [-0.1, -0.05) is 0 Å². The van der Waals surface area contributed by atoms with E-state index in [0.29, 0.717) is 5.56 Å². The molecule has 0 saturated carbocycles. The third-order valence-corrected chi connectivity index (χ3v) is 2.31. The summed E-state index contributed by atoms with van der Waals surface area (Å²) >= 11 is 0. The van der Waals surface area contributed by atoms with Crippen molar-refractivity contribution < 1.29 is 4.39 Å². The fraction of sp³-hybridized carbons (Fsp3) is 0. The molecule has 2 aromatic rings. The lowest BCUT2D eigenvalue weighted by Crippen LogP contribution is -1.87. The predicted octanol–water partition coefficient (Wildman–Crippen LogP) is 3.31. The first-order valence-corrected chi connectivity index (χ1v) is 4.77. The lowest BCUT2D eigenvalue weighted by molar-refractivity contribution is 0.630. The van der Waals surface area contributed by atoms with Crippen LogP contribution in [0.15, 0.2) is 36.7 Å². The second kappa shape index (κ2) is 4.42. The smallest absolute Gasteiger partial charge is 0.224 e. The molecule has 0 fully saturated rings.